The highest BCUT2D eigenvalue weighted by molar-refractivity contribution is 7.14. The van der Waals surface area contributed by atoms with E-state index in [9.17, 15) is 4.79 Å². The predicted molar refractivity (Wildman–Crippen MR) is 94.3 cm³/mol. The minimum absolute atomic E-state index is 0.0531. The Morgan fingerprint density at radius 1 is 1.30 bits per heavy atom. The van der Waals surface area contributed by atoms with Crippen molar-refractivity contribution < 1.29 is 4.79 Å². The van der Waals surface area contributed by atoms with Gasteiger partial charge in [0.25, 0.3) is 0 Å². The monoisotopic (exact) mass is 327 g/mol. The van der Waals surface area contributed by atoms with E-state index < -0.39 is 0 Å². The van der Waals surface area contributed by atoms with Crippen molar-refractivity contribution >= 4 is 22.2 Å². The molecule has 0 saturated carbocycles. The highest BCUT2D eigenvalue weighted by atomic mass is 32.1. The Kier molecular flexibility index (Phi) is 6.33. The SMILES string of the molecule is CC(C)N(CCC(=O)Nc1sccc1C#N)Cc1ccccc1. The maximum absolute atomic E-state index is 12.1. The topological polar surface area (TPSA) is 56.1 Å². The molecule has 0 aliphatic rings. The maximum atomic E-state index is 12.1. The average Bonchev–Trinajstić information content (AvgIpc) is 2.99. The van der Waals surface area contributed by atoms with Crippen molar-refractivity contribution in [2.45, 2.75) is 32.9 Å². The fraction of sp³-hybridized carbons (Fsp3) is 0.333. The zero-order valence-corrected chi connectivity index (χ0v) is 14.3. The smallest absolute Gasteiger partial charge is 0.226 e. The molecule has 4 nitrogen and oxygen atoms in total. The van der Waals surface area contributed by atoms with Gasteiger partial charge in [-0.05, 0) is 30.9 Å². The van der Waals surface area contributed by atoms with E-state index in [0.717, 1.165) is 6.54 Å². The molecule has 0 aliphatic heterocycles. The van der Waals surface area contributed by atoms with Gasteiger partial charge in [0.05, 0.1) is 5.56 Å². The number of amides is 1. The summed E-state index contributed by atoms with van der Waals surface area (Å²) in [6, 6.07) is 14.4. The molecule has 0 fully saturated rings. The van der Waals surface area contributed by atoms with E-state index in [4.69, 9.17) is 5.26 Å². The van der Waals surface area contributed by atoms with Gasteiger partial charge < -0.3 is 5.32 Å². The van der Waals surface area contributed by atoms with Crippen LogP contribution in [0, 0.1) is 11.3 Å². The summed E-state index contributed by atoms with van der Waals surface area (Å²) >= 11 is 1.38. The number of nitrogens with zero attached hydrogens (tertiary/aromatic N) is 2. The predicted octanol–water partition coefficient (Wildman–Crippen LogP) is 3.86. The molecule has 120 valence electrons. The minimum Gasteiger partial charge on any atom is -0.317 e. The molecular weight excluding hydrogens is 306 g/mol. The molecule has 5 heteroatoms. The summed E-state index contributed by atoms with van der Waals surface area (Å²) in [4.78, 5) is 14.4. The molecule has 2 aromatic rings. The third kappa shape index (κ3) is 5.20. The van der Waals surface area contributed by atoms with Gasteiger partial charge in [-0.15, -0.1) is 11.3 Å². The van der Waals surface area contributed by atoms with Gasteiger partial charge in [-0.25, -0.2) is 0 Å². The van der Waals surface area contributed by atoms with Crippen molar-refractivity contribution in [1.29, 1.82) is 5.26 Å². The van der Waals surface area contributed by atoms with Crippen LogP contribution in [0.15, 0.2) is 41.8 Å². The second kappa shape index (κ2) is 8.47. The van der Waals surface area contributed by atoms with E-state index >= 15 is 0 Å². The van der Waals surface area contributed by atoms with Gasteiger partial charge in [0.15, 0.2) is 0 Å². The van der Waals surface area contributed by atoms with E-state index in [1.165, 1.54) is 16.9 Å². The Labute approximate surface area is 141 Å². The van der Waals surface area contributed by atoms with Crippen molar-refractivity contribution in [3.8, 4) is 6.07 Å². The summed E-state index contributed by atoms with van der Waals surface area (Å²) in [6.07, 6.45) is 0.410. The Bertz CT molecular complexity index is 673. The van der Waals surface area contributed by atoms with E-state index in [-0.39, 0.29) is 5.91 Å². The molecule has 0 saturated heterocycles. The summed E-state index contributed by atoms with van der Waals surface area (Å²) < 4.78 is 0. The number of thiophene rings is 1. The van der Waals surface area contributed by atoms with Gasteiger partial charge >= 0.3 is 0 Å². The Balaban J connectivity index is 1.89. The lowest BCUT2D eigenvalue weighted by Crippen LogP contribution is -2.33. The summed E-state index contributed by atoms with van der Waals surface area (Å²) in [5.74, 6) is -0.0531. The van der Waals surface area contributed by atoms with Crippen LogP contribution >= 0.6 is 11.3 Å². The molecule has 23 heavy (non-hydrogen) atoms. The van der Waals surface area contributed by atoms with Crippen LogP contribution in [0.4, 0.5) is 5.00 Å². The fourth-order valence-electron chi connectivity index (χ4n) is 2.27. The van der Waals surface area contributed by atoms with E-state index in [0.29, 0.717) is 29.6 Å². The molecule has 1 aromatic heterocycles. The third-order valence-electron chi connectivity index (χ3n) is 3.62. The van der Waals surface area contributed by atoms with E-state index in [1.807, 2.05) is 23.6 Å². The molecule has 0 bridgehead atoms. The molecule has 0 atom stereocenters. The zero-order valence-electron chi connectivity index (χ0n) is 13.5. The Morgan fingerprint density at radius 3 is 2.70 bits per heavy atom. The first-order valence-corrected chi connectivity index (χ1v) is 8.53. The van der Waals surface area contributed by atoms with Gasteiger partial charge in [0, 0.05) is 25.6 Å². The number of benzene rings is 1. The van der Waals surface area contributed by atoms with Crippen LogP contribution < -0.4 is 5.32 Å². The Hall–Kier alpha value is -2.16. The third-order valence-corrected chi connectivity index (χ3v) is 4.45. The molecule has 2 rings (SSSR count). The number of nitriles is 1. The quantitative estimate of drug-likeness (QED) is 0.840. The van der Waals surface area contributed by atoms with Gasteiger partial charge in [0.2, 0.25) is 5.91 Å². The van der Waals surface area contributed by atoms with Crippen molar-refractivity contribution in [3.05, 3.63) is 52.9 Å². The molecular formula is C18H21N3OS. The Morgan fingerprint density at radius 2 is 2.04 bits per heavy atom. The van der Waals surface area contributed by atoms with Crippen LogP contribution in [0.25, 0.3) is 0 Å². The highest BCUT2D eigenvalue weighted by Gasteiger charge is 2.13. The van der Waals surface area contributed by atoms with Crippen molar-refractivity contribution in [2.24, 2.45) is 0 Å². The molecule has 0 radical (unpaired) electrons. The first kappa shape index (κ1) is 17.2. The fourth-order valence-corrected chi connectivity index (χ4v) is 3.02. The number of nitrogens with one attached hydrogen (secondary N) is 1. The van der Waals surface area contributed by atoms with Crippen molar-refractivity contribution in [3.63, 3.8) is 0 Å². The van der Waals surface area contributed by atoms with E-state index in [1.54, 1.807) is 6.07 Å². The number of carbonyl (C=O) groups is 1. The number of anilines is 1. The van der Waals surface area contributed by atoms with Crippen LogP contribution in [-0.4, -0.2) is 23.4 Å². The summed E-state index contributed by atoms with van der Waals surface area (Å²) in [6.45, 7) is 5.78. The maximum Gasteiger partial charge on any atom is 0.226 e. The van der Waals surface area contributed by atoms with Gasteiger partial charge in [-0.3, -0.25) is 9.69 Å². The number of hydrogen-bond acceptors (Lipinski definition) is 4. The molecule has 1 N–H and O–H groups in total. The van der Waals surface area contributed by atoms with Gasteiger partial charge in [-0.1, -0.05) is 30.3 Å². The number of carbonyl (C=O) groups excluding carboxylic acids is 1. The van der Waals surface area contributed by atoms with Crippen LogP contribution in [0.3, 0.4) is 0 Å². The first-order chi connectivity index (χ1) is 11.1. The molecule has 1 aromatic carbocycles. The average molecular weight is 327 g/mol. The van der Waals surface area contributed by atoms with Crippen molar-refractivity contribution in [1.82, 2.24) is 4.90 Å². The van der Waals surface area contributed by atoms with Crippen LogP contribution in [0.2, 0.25) is 0 Å². The lowest BCUT2D eigenvalue weighted by Gasteiger charge is -2.26. The molecule has 1 heterocycles. The van der Waals surface area contributed by atoms with Crippen molar-refractivity contribution in [2.75, 3.05) is 11.9 Å². The summed E-state index contributed by atoms with van der Waals surface area (Å²) in [5, 5.41) is 14.2. The second-order valence-electron chi connectivity index (χ2n) is 5.62. The molecule has 0 unspecified atom stereocenters. The molecule has 1 amide bonds. The summed E-state index contributed by atoms with van der Waals surface area (Å²) in [5.41, 5.74) is 1.76. The normalized spacial score (nSPS) is 10.7. The van der Waals surface area contributed by atoms with Gasteiger partial charge in [0.1, 0.15) is 11.1 Å². The molecule has 0 aliphatic carbocycles. The van der Waals surface area contributed by atoms with Gasteiger partial charge in [-0.2, -0.15) is 5.26 Å². The van der Waals surface area contributed by atoms with E-state index in [2.05, 4.69) is 42.3 Å². The molecule has 0 spiro atoms. The first-order valence-electron chi connectivity index (χ1n) is 7.65. The zero-order chi connectivity index (χ0) is 16.7. The van der Waals surface area contributed by atoms with Crippen LogP contribution in [0.5, 0.6) is 0 Å². The minimum atomic E-state index is -0.0531. The number of hydrogen-bond donors (Lipinski definition) is 1. The summed E-state index contributed by atoms with van der Waals surface area (Å²) in [7, 11) is 0. The lowest BCUT2D eigenvalue weighted by atomic mass is 10.2. The second-order valence-corrected chi connectivity index (χ2v) is 6.54. The largest absolute Gasteiger partial charge is 0.317 e. The highest BCUT2D eigenvalue weighted by Crippen LogP contribution is 2.22. The number of rotatable bonds is 7. The van der Waals surface area contributed by atoms with Crippen LogP contribution in [0.1, 0.15) is 31.4 Å². The lowest BCUT2D eigenvalue weighted by molar-refractivity contribution is -0.116. The van der Waals surface area contributed by atoms with Crippen LogP contribution in [-0.2, 0) is 11.3 Å². The standard InChI is InChI=1S/C18H21N3OS/c1-14(2)21(13-15-6-4-3-5-7-15)10-8-17(22)20-18-16(12-19)9-11-23-18/h3-7,9,11,14H,8,10,13H2,1-2H3,(H,20,22).